The van der Waals surface area contributed by atoms with Crippen molar-refractivity contribution < 1.29 is 9.90 Å². The molecule has 1 aromatic carbocycles. The Labute approximate surface area is 96.4 Å². The van der Waals surface area contributed by atoms with Crippen molar-refractivity contribution in [2.24, 2.45) is 5.73 Å². The number of hydrogen-bond acceptors (Lipinski definition) is 2. The number of rotatable bonds is 2. The molecule has 78 valence electrons. The van der Waals surface area contributed by atoms with Gasteiger partial charge < -0.3 is 10.8 Å². The number of carbonyl (C=O) groups is 1. The van der Waals surface area contributed by atoms with E-state index in [0.717, 1.165) is 10.0 Å². The van der Waals surface area contributed by atoms with Crippen molar-refractivity contribution in [2.75, 3.05) is 0 Å². The molecular weight excluding hydrogens is 258 g/mol. The second kappa shape index (κ2) is 5.54. The molecular formula is C11H10BrNO2. The predicted molar refractivity (Wildman–Crippen MR) is 61.2 cm³/mol. The van der Waals surface area contributed by atoms with Crippen LogP contribution in [0.5, 0.6) is 0 Å². The van der Waals surface area contributed by atoms with E-state index in [1.54, 1.807) is 0 Å². The smallest absolute Gasteiger partial charge is 0.321 e. The molecule has 0 unspecified atom stereocenters. The molecule has 4 heteroatoms. The van der Waals surface area contributed by atoms with Crippen LogP contribution in [0.15, 0.2) is 28.7 Å². The van der Waals surface area contributed by atoms with Crippen molar-refractivity contribution in [1.82, 2.24) is 0 Å². The maximum atomic E-state index is 10.4. The summed E-state index contributed by atoms with van der Waals surface area (Å²) in [4.78, 5) is 10.4. The number of carboxylic acid groups (broad SMARTS) is 1. The van der Waals surface area contributed by atoms with Crippen LogP contribution in [-0.4, -0.2) is 17.1 Å². The molecule has 1 atom stereocenters. The quantitative estimate of drug-likeness (QED) is 0.801. The third kappa shape index (κ3) is 4.15. The van der Waals surface area contributed by atoms with Crippen LogP contribution in [0, 0.1) is 11.8 Å². The first-order chi connectivity index (χ1) is 7.09. The highest BCUT2D eigenvalue weighted by Crippen LogP contribution is 2.09. The topological polar surface area (TPSA) is 63.3 Å². The minimum Gasteiger partial charge on any atom is -0.480 e. The molecule has 0 fully saturated rings. The Morgan fingerprint density at radius 1 is 1.47 bits per heavy atom. The first-order valence-electron chi connectivity index (χ1n) is 4.32. The van der Waals surface area contributed by atoms with E-state index in [2.05, 4.69) is 27.8 Å². The molecule has 0 aromatic heterocycles. The van der Waals surface area contributed by atoms with Crippen molar-refractivity contribution in [3.8, 4) is 11.8 Å². The molecule has 0 saturated heterocycles. The molecule has 0 spiro atoms. The second-order valence-electron chi connectivity index (χ2n) is 2.96. The van der Waals surface area contributed by atoms with E-state index in [1.165, 1.54) is 0 Å². The Balaban J connectivity index is 2.59. The van der Waals surface area contributed by atoms with Gasteiger partial charge in [-0.2, -0.15) is 0 Å². The average molecular weight is 268 g/mol. The number of hydrogen-bond donors (Lipinski definition) is 2. The molecule has 3 N–H and O–H groups in total. The van der Waals surface area contributed by atoms with Gasteiger partial charge in [0.25, 0.3) is 0 Å². The highest BCUT2D eigenvalue weighted by atomic mass is 79.9. The van der Waals surface area contributed by atoms with E-state index >= 15 is 0 Å². The maximum absolute atomic E-state index is 10.4. The highest BCUT2D eigenvalue weighted by molar-refractivity contribution is 9.10. The maximum Gasteiger partial charge on any atom is 0.321 e. The van der Waals surface area contributed by atoms with Crippen LogP contribution in [0.25, 0.3) is 0 Å². The summed E-state index contributed by atoms with van der Waals surface area (Å²) in [5.41, 5.74) is 6.14. The molecule has 0 bridgehead atoms. The Kier molecular flexibility index (Phi) is 4.35. The third-order valence-electron chi connectivity index (χ3n) is 1.72. The average Bonchev–Trinajstić information content (AvgIpc) is 2.20. The zero-order valence-electron chi connectivity index (χ0n) is 7.90. The highest BCUT2D eigenvalue weighted by Gasteiger charge is 2.07. The summed E-state index contributed by atoms with van der Waals surface area (Å²) >= 11 is 3.31. The van der Waals surface area contributed by atoms with Crippen LogP contribution >= 0.6 is 15.9 Å². The van der Waals surface area contributed by atoms with E-state index in [1.807, 2.05) is 24.3 Å². The van der Waals surface area contributed by atoms with Gasteiger partial charge in [0.15, 0.2) is 0 Å². The van der Waals surface area contributed by atoms with Crippen LogP contribution in [-0.2, 0) is 4.79 Å². The summed E-state index contributed by atoms with van der Waals surface area (Å²) in [7, 11) is 0. The number of benzene rings is 1. The minimum atomic E-state index is -1.03. The largest absolute Gasteiger partial charge is 0.480 e. The minimum absolute atomic E-state index is 0.158. The summed E-state index contributed by atoms with van der Waals surface area (Å²) in [5.74, 6) is 4.55. The molecule has 0 saturated carbocycles. The Morgan fingerprint density at radius 3 is 2.60 bits per heavy atom. The summed E-state index contributed by atoms with van der Waals surface area (Å²) in [6.45, 7) is 0. The molecule has 0 aliphatic rings. The van der Waals surface area contributed by atoms with E-state index in [-0.39, 0.29) is 6.42 Å². The van der Waals surface area contributed by atoms with E-state index in [0.29, 0.717) is 0 Å². The van der Waals surface area contributed by atoms with Gasteiger partial charge in [-0.3, -0.25) is 4.79 Å². The van der Waals surface area contributed by atoms with Gasteiger partial charge in [-0.15, -0.1) is 0 Å². The van der Waals surface area contributed by atoms with Gasteiger partial charge in [0.1, 0.15) is 6.04 Å². The summed E-state index contributed by atoms with van der Waals surface area (Å²) in [6.07, 6.45) is 0.158. The van der Waals surface area contributed by atoms with E-state index in [9.17, 15) is 4.79 Å². The van der Waals surface area contributed by atoms with E-state index in [4.69, 9.17) is 10.8 Å². The molecule has 0 radical (unpaired) electrons. The van der Waals surface area contributed by atoms with Crippen LogP contribution in [0.4, 0.5) is 0 Å². The fraction of sp³-hybridized carbons (Fsp3) is 0.182. The number of halogens is 1. The van der Waals surface area contributed by atoms with Gasteiger partial charge in [0.2, 0.25) is 0 Å². The van der Waals surface area contributed by atoms with Crippen LogP contribution in [0.1, 0.15) is 12.0 Å². The summed E-state index contributed by atoms with van der Waals surface area (Å²) in [5, 5.41) is 8.52. The zero-order chi connectivity index (χ0) is 11.3. The molecule has 0 aliphatic carbocycles. The molecule has 15 heavy (non-hydrogen) atoms. The fourth-order valence-corrected chi connectivity index (χ4v) is 1.15. The lowest BCUT2D eigenvalue weighted by molar-refractivity contribution is -0.138. The summed E-state index contributed by atoms with van der Waals surface area (Å²) < 4.78 is 0.982. The lowest BCUT2D eigenvalue weighted by Crippen LogP contribution is -2.29. The normalized spacial score (nSPS) is 11.3. The Morgan fingerprint density at radius 2 is 2.07 bits per heavy atom. The van der Waals surface area contributed by atoms with Crippen molar-refractivity contribution in [1.29, 1.82) is 0 Å². The Hall–Kier alpha value is -1.31. The lowest BCUT2D eigenvalue weighted by atomic mass is 10.2. The standard InChI is InChI=1S/C11H10BrNO2/c12-9-6-4-8(5-7-9)2-1-3-10(13)11(14)15/h4-7,10H,3,13H2,(H,14,15)/t10-/m0/s1. The Bertz CT molecular complexity index is 403. The number of aliphatic carboxylic acids is 1. The molecule has 0 aliphatic heterocycles. The van der Waals surface area contributed by atoms with Crippen LogP contribution < -0.4 is 5.73 Å². The fourth-order valence-electron chi connectivity index (χ4n) is 0.884. The molecule has 1 rings (SSSR count). The summed E-state index contributed by atoms with van der Waals surface area (Å²) in [6, 6.07) is 6.54. The van der Waals surface area contributed by atoms with Gasteiger partial charge in [0, 0.05) is 16.5 Å². The SMILES string of the molecule is N[C@@H](CC#Cc1ccc(Br)cc1)C(=O)O. The van der Waals surface area contributed by atoms with Crippen molar-refractivity contribution in [3.05, 3.63) is 34.3 Å². The van der Waals surface area contributed by atoms with Crippen LogP contribution in [0.3, 0.4) is 0 Å². The van der Waals surface area contributed by atoms with Gasteiger partial charge in [-0.05, 0) is 24.3 Å². The van der Waals surface area contributed by atoms with Gasteiger partial charge in [0.05, 0.1) is 0 Å². The first kappa shape index (κ1) is 11.8. The van der Waals surface area contributed by atoms with Crippen molar-refractivity contribution >= 4 is 21.9 Å². The molecule has 1 aromatic rings. The van der Waals surface area contributed by atoms with Gasteiger partial charge >= 0.3 is 5.97 Å². The number of carboxylic acids is 1. The van der Waals surface area contributed by atoms with E-state index < -0.39 is 12.0 Å². The zero-order valence-corrected chi connectivity index (χ0v) is 9.49. The van der Waals surface area contributed by atoms with Crippen molar-refractivity contribution in [3.63, 3.8) is 0 Å². The third-order valence-corrected chi connectivity index (χ3v) is 2.24. The lowest BCUT2D eigenvalue weighted by Gasteiger charge is -1.98. The van der Waals surface area contributed by atoms with Crippen molar-refractivity contribution in [2.45, 2.75) is 12.5 Å². The first-order valence-corrected chi connectivity index (χ1v) is 5.11. The molecule has 0 amide bonds. The number of nitrogens with two attached hydrogens (primary N) is 1. The van der Waals surface area contributed by atoms with Crippen LogP contribution in [0.2, 0.25) is 0 Å². The second-order valence-corrected chi connectivity index (χ2v) is 3.87. The molecule has 3 nitrogen and oxygen atoms in total. The van der Waals surface area contributed by atoms with Gasteiger partial charge in [-0.25, -0.2) is 0 Å². The van der Waals surface area contributed by atoms with Gasteiger partial charge in [-0.1, -0.05) is 27.8 Å². The monoisotopic (exact) mass is 267 g/mol. The molecule has 0 heterocycles. The predicted octanol–water partition coefficient (Wildman–Crippen LogP) is 1.60.